The highest BCUT2D eigenvalue weighted by molar-refractivity contribution is 5.34. The molecule has 0 aromatic heterocycles. The molecule has 0 aromatic carbocycles. The van der Waals surface area contributed by atoms with Crippen LogP contribution in [0.5, 0.6) is 0 Å². The lowest BCUT2D eigenvalue weighted by Gasteiger charge is -2.15. The largest absolute Gasteiger partial charge is 0.388 e. The minimum atomic E-state index is 1.19. The highest BCUT2D eigenvalue weighted by Gasteiger charge is 2.05. The molecule has 0 unspecified atom stereocenters. The standard InChI is InChI=1S/C9H15N/c1-7-5-4-6-9(10-3)8(7)2/h6,10H,4-5H2,1-3H3. The summed E-state index contributed by atoms with van der Waals surface area (Å²) in [7, 11) is 1.98. The summed E-state index contributed by atoms with van der Waals surface area (Å²) in [6, 6.07) is 0. The molecule has 0 heterocycles. The Labute approximate surface area is 62.8 Å². The molecular weight excluding hydrogens is 122 g/mol. The molecule has 56 valence electrons. The van der Waals surface area contributed by atoms with Crippen LogP contribution in [0, 0.1) is 0 Å². The third-order valence-electron chi connectivity index (χ3n) is 2.18. The van der Waals surface area contributed by atoms with E-state index in [9.17, 15) is 0 Å². The van der Waals surface area contributed by atoms with E-state index in [1.165, 1.54) is 29.7 Å². The average Bonchev–Trinajstić information content (AvgIpc) is 1.95. The Kier molecular flexibility index (Phi) is 2.15. The van der Waals surface area contributed by atoms with Crippen LogP contribution in [0.4, 0.5) is 0 Å². The number of hydrogen-bond donors (Lipinski definition) is 1. The minimum Gasteiger partial charge on any atom is -0.388 e. The fourth-order valence-electron chi connectivity index (χ4n) is 1.29. The van der Waals surface area contributed by atoms with Gasteiger partial charge < -0.3 is 5.32 Å². The monoisotopic (exact) mass is 137 g/mol. The van der Waals surface area contributed by atoms with Gasteiger partial charge in [0, 0.05) is 12.7 Å². The quantitative estimate of drug-likeness (QED) is 0.584. The first-order chi connectivity index (χ1) is 4.75. The SMILES string of the molecule is CNC1=CCCC(C)=C1C. The van der Waals surface area contributed by atoms with E-state index < -0.39 is 0 Å². The lowest BCUT2D eigenvalue weighted by Crippen LogP contribution is -2.10. The van der Waals surface area contributed by atoms with Crippen molar-refractivity contribution in [3.05, 3.63) is 22.9 Å². The lowest BCUT2D eigenvalue weighted by atomic mass is 9.97. The van der Waals surface area contributed by atoms with E-state index in [2.05, 4.69) is 25.2 Å². The Morgan fingerprint density at radius 2 is 2.10 bits per heavy atom. The van der Waals surface area contributed by atoms with Gasteiger partial charge in [-0.3, -0.25) is 0 Å². The Balaban J connectivity index is 2.83. The Bertz CT molecular complexity index is 187. The van der Waals surface area contributed by atoms with E-state index >= 15 is 0 Å². The second kappa shape index (κ2) is 2.91. The minimum absolute atomic E-state index is 1.19. The predicted molar refractivity (Wildman–Crippen MR) is 44.8 cm³/mol. The second-order valence-corrected chi connectivity index (χ2v) is 2.81. The Hall–Kier alpha value is -0.720. The summed E-state index contributed by atoms with van der Waals surface area (Å²) in [4.78, 5) is 0. The summed E-state index contributed by atoms with van der Waals surface area (Å²) in [6.45, 7) is 4.39. The first-order valence-electron chi connectivity index (χ1n) is 3.80. The molecule has 0 aliphatic heterocycles. The van der Waals surface area contributed by atoms with E-state index in [1.807, 2.05) is 7.05 Å². The predicted octanol–water partition coefficient (Wildman–Crippen LogP) is 2.22. The van der Waals surface area contributed by atoms with Gasteiger partial charge in [-0.15, -0.1) is 0 Å². The van der Waals surface area contributed by atoms with Crippen molar-refractivity contribution < 1.29 is 0 Å². The molecule has 1 rings (SSSR count). The third-order valence-corrected chi connectivity index (χ3v) is 2.18. The number of allylic oxidation sites excluding steroid dienone is 3. The maximum atomic E-state index is 3.19. The van der Waals surface area contributed by atoms with Gasteiger partial charge in [-0.25, -0.2) is 0 Å². The highest BCUT2D eigenvalue weighted by Crippen LogP contribution is 2.21. The van der Waals surface area contributed by atoms with Gasteiger partial charge in [-0.05, 0) is 32.3 Å². The fraction of sp³-hybridized carbons (Fsp3) is 0.556. The van der Waals surface area contributed by atoms with Gasteiger partial charge in [0.1, 0.15) is 0 Å². The van der Waals surface area contributed by atoms with Gasteiger partial charge >= 0.3 is 0 Å². The van der Waals surface area contributed by atoms with Gasteiger partial charge in [0.05, 0.1) is 0 Å². The molecule has 0 amide bonds. The van der Waals surface area contributed by atoms with Gasteiger partial charge in [-0.1, -0.05) is 11.6 Å². The summed E-state index contributed by atoms with van der Waals surface area (Å²) < 4.78 is 0. The van der Waals surface area contributed by atoms with Gasteiger partial charge in [0.2, 0.25) is 0 Å². The van der Waals surface area contributed by atoms with Crippen molar-refractivity contribution in [2.75, 3.05) is 7.05 Å². The second-order valence-electron chi connectivity index (χ2n) is 2.81. The Morgan fingerprint density at radius 1 is 1.40 bits per heavy atom. The fourth-order valence-corrected chi connectivity index (χ4v) is 1.29. The highest BCUT2D eigenvalue weighted by atomic mass is 14.8. The van der Waals surface area contributed by atoms with Crippen LogP contribution in [0.25, 0.3) is 0 Å². The summed E-state index contributed by atoms with van der Waals surface area (Å²) in [5, 5.41) is 3.19. The van der Waals surface area contributed by atoms with Crippen molar-refractivity contribution in [3.63, 3.8) is 0 Å². The van der Waals surface area contributed by atoms with Gasteiger partial charge in [-0.2, -0.15) is 0 Å². The molecule has 0 fully saturated rings. The van der Waals surface area contributed by atoms with E-state index in [-0.39, 0.29) is 0 Å². The van der Waals surface area contributed by atoms with E-state index in [0.717, 1.165) is 0 Å². The zero-order chi connectivity index (χ0) is 7.56. The van der Waals surface area contributed by atoms with Crippen LogP contribution in [0.3, 0.4) is 0 Å². The first-order valence-corrected chi connectivity index (χ1v) is 3.80. The molecule has 0 spiro atoms. The summed E-state index contributed by atoms with van der Waals surface area (Å²) in [6.07, 6.45) is 4.69. The van der Waals surface area contributed by atoms with Crippen molar-refractivity contribution in [2.24, 2.45) is 0 Å². The molecule has 0 atom stereocenters. The maximum Gasteiger partial charge on any atom is 0.0326 e. The van der Waals surface area contributed by atoms with Crippen LogP contribution in [0.1, 0.15) is 26.7 Å². The zero-order valence-corrected chi connectivity index (χ0v) is 6.99. The van der Waals surface area contributed by atoms with E-state index in [1.54, 1.807) is 0 Å². The van der Waals surface area contributed by atoms with Crippen LogP contribution in [-0.2, 0) is 0 Å². The molecule has 0 aromatic rings. The topological polar surface area (TPSA) is 12.0 Å². The molecule has 0 radical (unpaired) electrons. The van der Waals surface area contributed by atoms with Crippen LogP contribution in [-0.4, -0.2) is 7.05 Å². The van der Waals surface area contributed by atoms with Gasteiger partial charge in [0.25, 0.3) is 0 Å². The van der Waals surface area contributed by atoms with Crippen molar-refractivity contribution >= 4 is 0 Å². The molecule has 0 saturated heterocycles. The summed E-state index contributed by atoms with van der Waals surface area (Å²) in [5.74, 6) is 0. The van der Waals surface area contributed by atoms with Crippen LogP contribution >= 0.6 is 0 Å². The summed E-state index contributed by atoms with van der Waals surface area (Å²) in [5.41, 5.74) is 4.25. The lowest BCUT2D eigenvalue weighted by molar-refractivity contribution is 0.865. The van der Waals surface area contributed by atoms with Crippen molar-refractivity contribution in [2.45, 2.75) is 26.7 Å². The van der Waals surface area contributed by atoms with Crippen LogP contribution in [0.15, 0.2) is 22.9 Å². The molecule has 1 nitrogen and oxygen atoms in total. The van der Waals surface area contributed by atoms with Gasteiger partial charge in [0.15, 0.2) is 0 Å². The van der Waals surface area contributed by atoms with Crippen molar-refractivity contribution in [1.82, 2.24) is 5.32 Å². The molecular formula is C9H15N. The first kappa shape index (κ1) is 7.39. The maximum absolute atomic E-state index is 3.19. The molecule has 1 aliphatic carbocycles. The number of likely N-dealkylation sites (N-methyl/N-ethyl adjacent to an activating group) is 1. The van der Waals surface area contributed by atoms with Crippen molar-refractivity contribution in [1.29, 1.82) is 0 Å². The number of rotatable bonds is 1. The number of hydrogen-bond acceptors (Lipinski definition) is 1. The van der Waals surface area contributed by atoms with Crippen LogP contribution in [0.2, 0.25) is 0 Å². The molecule has 0 bridgehead atoms. The smallest absolute Gasteiger partial charge is 0.0326 e. The molecule has 1 N–H and O–H groups in total. The average molecular weight is 137 g/mol. The van der Waals surface area contributed by atoms with E-state index in [4.69, 9.17) is 0 Å². The van der Waals surface area contributed by atoms with E-state index in [0.29, 0.717) is 0 Å². The van der Waals surface area contributed by atoms with Crippen LogP contribution < -0.4 is 5.32 Å². The summed E-state index contributed by atoms with van der Waals surface area (Å²) >= 11 is 0. The molecule has 1 heteroatoms. The van der Waals surface area contributed by atoms with Crippen molar-refractivity contribution in [3.8, 4) is 0 Å². The number of nitrogens with one attached hydrogen (secondary N) is 1. The molecule has 10 heavy (non-hydrogen) atoms. The molecule has 1 aliphatic rings. The third kappa shape index (κ3) is 1.23. The molecule has 0 saturated carbocycles. The normalized spacial score (nSPS) is 18.9. The Morgan fingerprint density at radius 3 is 2.60 bits per heavy atom. The zero-order valence-electron chi connectivity index (χ0n) is 6.99.